The molecule has 0 aromatic heterocycles. The monoisotopic (exact) mass is 254 g/mol. The third kappa shape index (κ3) is 3.35. The first-order chi connectivity index (χ1) is 8.16. The molecule has 17 heavy (non-hydrogen) atoms. The van der Waals surface area contributed by atoms with E-state index in [1.807, 2.05) is 24.3 Å². The minimum absolute atomic E-state index is 0.301. The lowest BCUT2D eigenvalue weighted by Gasteiger charge is -2.15. The van der Waals surface area contributed by atoms with Gasteiger partial charge < -0.3 is 10.5 Å². The number of hydrogen-bond donors (Lipinski definition) is 1. The van der Waals surface area contributed by atoms with Crippen molar-refractivity contribution in [2.24, 2.45) is 11.7 Å². The average molecular weight is 255 g/mol. The Balaban J connectivity index is 1.75. The van der Waals surface area contributed by atoms with E-state index in [9.17, 15) is 0 Å². The van der Waals surface area contributed by atoms with E-state index in [1.54, 1.807) is 0 Å². The number of benzene rings is 1. The largest absolute Gasteiger partial charge is 0.491 e. The first-order valence-electron chi connectivity index (χ1n) is 6.02. The van der Waals surface area contributed by atoms with Gasteiger partial charge in [-0.15, -0.1) is 0 Å². The van der Waals surface area contributed by atoms with E-state index in [0.717, 1.165) is 25.4 Å². The van der Waals surface area contributed by atoms with E-state index < -0.39 is 0 Å². The molecule has 0 aliphatic carbocycles. The normalized spacial score (nSPS) is 25.1. The zero-order chi connectivity index (χ0) is 12.3. The molecule has 0 radical (unpaired) electrons. The van der Waals surface area contributed by atoms with Crippen LogP contribution in [-0.4, -0.2) is 37.2 Å². The van der Waals surface area contributed by atoms with Gasteiger partial charge in [0.2, 0.25) is 0 Å². The molecule has 94 valence electrons. The van der Waals surface area contributed by atoms with Crippen LogP contribution in [0.15, 0.2) is 24.3 Å². The molecule has 1 saturated heterocycles. The zero-order valence-corrected chi connectivity index (χ0v) is 10.9. The van der Waals surface area contributed by atoms with Crippen molar-refractivity contribution >= 4 is 11.6 Å². The Morgan fingerprint density at radius 3 is 2.82 bits per heavy atom. The van der Waals surface area contributed by atoms with Crippen LogP contribution < -0.4 is 10.5 Å². The molecular weight excluding hydrogens is 236 g/mol. The highest BCUT2D eigenvalue weighted by atomic mass is 35.5. The minimum Gasteiger partial charge on any atom is -0.491 e. The van der Waals surface area contributed by atoms with Crippen LogP contribution in [0, 0.1) is 5.92 Å². The zero-order valence-electron chi connectivity index (χ0n) is 10.1. The summed E-state index contributed by atoms with van der Waals surface area (Å²) in [4.78, 5) is 2.34. The highest BCUT2D eigenvalue weighted by Gasteiger charge is 2.25. The molecule has 1 aliphatic rings. The number of hydrogen-bond acceptors (Lipinski definition) is 3. The maximum atomic E-state index is 6.01. The second-order valence-electron chi connectivity index (χ2n) is 4.68. The molecular formula is C13H19ClN2O. The Hall–Kier alpha value is -0.770. The summed E-state index contributed by atoms with van der Waals surface area (Å²) in [5.74, 6) is 1.33. The van der Waals surface area contributed by atoms with Crippen LogP contribution in [0.5, 0.6) is 5.75 Å². The summed E-state index contributed by atoms with van der Waals surface area (Å²) in [6, 6.07) is 7.85. The van der Waals surface area contributed by atoms with Crippen LogP contribution >= 0.6 is 11.6 Å². The topological polar surface area (TPSA) is 38.5 Å². The Kier molecular flexibility index (Phi) is 4.26. The van der Waals surface area contributed by atoms with Gasteiger partial charge in [0, 0.05) is 25.7 Å². The fraction of sp³-hybridized carbons (Fsp3) is 0.538. The summed E-state index contributed by atoms with van der Waals surface area (Å²) in [6.07, 6.45) is 0. The van der Waals surface area contributed by atoms with Gasteiger partial charge in [0.25, 0.3) is 0 Å². The van der Waals surface area contributed by atoms with Crippen molar-refractivity contribution in [3.8, 4) is 5.75 Å². The molecule has 1 aromatic rings. The van der Waals surface area contributed by atoms with E-state index in [4.69, 9.17) is 22.1 Å². The Bertz CT molecular complexity index is 362. The molecule has 1 aromatic carbocycles. The highest BCUT2D eigenvalue weighted by Crippen LogP contribution is 2.23. The summed E-state index contributed by atoms with van der Waals surface area (Å²) in [5, 5.41) is 0.666. The fourth-order valence-corrected chi connectivity index (χ4v) is 2.31. The number of likely N-dealkylation sites (tertiary alicyclic amines) is 1. The van der Waals surface area contributed by atoms with E-state index in [1.165, 1.54) is 0 Å². The Morgan fingerprint density at radius 2 is 2.18 bits per heavy atom. The highest BCUT2D eigenvalue weighted by molar-refractivity contribution is 6.32. The van der Waals surface area contributed by atoms with Gasteiger partial charge in [-0.1, -0.05) is 30.7 Å². The number of nitrogens with zero attached hydrogens (tertiary/aromatic N) is 1. The van der Waals surface area contributed by atoms with Gasteiger partial charge in [-0.3, -0.25) is 4.90 Å². The average Bonchev–Trinajstić information content (AvgIpc) is 2.61. The second-order valence-corrected chi connectivity index (χ2v) is 5.09. The quantitative estimate of drug-likeness (QED) is 0.893. The number of nitrogens with two attached hydrogens (primary N) is 1. The van der Waals surface area contributed by atoms with Crippen LogP contribution in [0.3, 0.4) is 0 Å². The maximum Gasteiger partial charge on any atom is 0.137 e. The van der Waals surface area contributed by atoms with Crippen molar-refractivity contribution in [3.63, 3.8) is 0 Å². The molecule has 0 bridgehead atoms. The second kappa shape index (κ2) is 5.71. The van der Waals surface area contributed by atoms with Gasteiger partial charge in [-0.2, -0.15) is 0 Å². The van der Waals surface area contributed by atoms with Gasteiger partial charge in [-0.05, 0) is 18.1 Å². The van der Waals surface area contributed by atoms with Crippen molar-refractivity contribution in [3.05, 3.63) is 29.3 Å². The molecule has 0 saturated carbocycles. The Labute approximate surface area is 107 Å². The van der Waals surface area contributed by atoms with Crippen LogP contribution in [0.2, 0.25) is 5.02 Å². The summed E-state index contributed by atoms with van der Waals surface area (Å²) in [5.41, 5.74) is 5.97. The van der Waals surface area contributed by atoms with Crippen molar-refractivity contribution in [1.29, 1.82) is 0 Å². The number of ether oxygens (including phenoxy) is 1. The van der Waals surface area contributed by atoms with E-state index in [2.05, 4.69) is 11.8 Å². The molecule has 3 nitrogen and oxygen atoms in total. The fourth-order valence-electron chi connectivity index (χ4n) is 2.12. The summed E-state index contributed by atoms with van der Waals surface area (Å²) in [6.45, 7) is 5.78. The standard InChI is InChI=1S/C13H19ClN2O/c1-10-8-16(9-12(10)15)6-7-17-13-5-3-2-4-11(13)14/h2-5,10,12H,6-9,15H2,1H3. The molecule has 0 spiro atoms. The van der Waals surface area contributed by atoms with Gasteiger partial charge in [-0.25, -0.2) is 0 Å². The van der Waals surface area contributed by atoms with Crippen molar-refractivity contribution < 1.29 is 4.74 Å². The lowest BCUT2D eigenvalue weighted by Crippen LogP contribution is -2.30. The number of halogens is 1. The smallest absolute Gasteiger partial charge is 0.137 e. The lowest BCUT2D eigenvalue weighted by atomic mass is 10.1. The van der Waals surface area contributed by atoms with Crippen molar-refractivity contribution in [2.75, 3.05) is 26.2 Å². The number of rotatable bonds is 4. The summed E-state index contributed by atoms with van der Waals surface area (Å²) in [7, 11) is 0. The SMILES string of the molecule is CC1CN(CCOc2ccccc2Cl)CC1N. The molecule has 1 aliphatic heterocycles. The predicted molar refractivity (Wildman–Crippen MR) is 70.5 cm³/mol. The van der Waals surface area contributed by atoms with Gasteiger partial charge >= 0.3 is 0 Å². The van der Waals surface area contributed by atoms with Crippen LogP contribution in [-0.2, 0) is 0 Å². The van der Waals surface area contributed by atoms with Gasteiger partial charge in [0.05, 0.1) is 5.02 Å². The molecule has 1 fully saturated rings. The summed E-state index contributed by atoms with van der Waals surface area (Å²) >= 11 is 6.01. The van der Waals surface area contributed by atoms with E-state index in [0.29, 0.717) is 23.6 Å². The third-order valence-electron chi connectivity index (χ3n) is 3.25. The van der Waals surface area contributed by atoms with Crippen LogP contribution in [0.4, 0.5) is 0 Å². The van der Waals surface area contributed by atoms with Gasteiger partial charge in [0.1, 0.15) is 12.4 Å². The molecule has 0 amide bonds. The third-order valence-corrected chi connectivity index (χ3v) is 3.56. The van der Waals surface area contributed by atoms with Crippen molar-refractivity contribution in [1.82, 2.24) is 4.90 Å². The Morgan fingerprint density at radius 1 is 1.41 bits per heavy atom. The van der Waals surface area contributed by atoms with Gasteiger partial charge in [0.15, 0.2) is 0 Å². The lowest BCUT2D eigenvalue weighted by molar-refractivity contribution is 0.233. The van der Waals surface area contributed by atoms with E-state index >= 15 is 0 Å². The summed E-state index contributed by atoms with van der Waals surface area (Å²) < 4.78 is 5.65. The first kappa shape index (κ1) is 12.7. The van der Waals surface area contributed by atoms with Crippen LogP contribution in [0.1, 0.15) is 6.92 Å². The molecule has 2 unspecified atom stereocenters. The minimum atomic E-state index is 0.301. The molecule has 4 heteroatoms. The first-order valence-corrected chi connectivity index (χ1v) is 6.40. The molecule has 2 rings (SSSR count). The maximum absolute atomic E-state index is 6.01. The van der Waals surface area contributed by atoms with Crippen LogP contribution in [0.25, 0.3) is 0 Å². The van der Waals surface area contributed by atoms with E-state index in [-0.39, 0.29) is 0 Å². The molecule has 2 atom stereocenters. The van der Waals surface area contributed by atoms with Crippen molar-refractivity contribution in [2.45, 2.75) is 13.0 Å². The molecule has 2 N–H and O–H groups in total. The number of para-hydroxylation sites is 1. The molecule has 1 heterocycles. The predicted octanol–water partition coefficient (Wildman–Crippen LogP) is 2.00.